The van der Waals surface area contributed by atoms with Gasteiger partial charge in [-0.2, -0.15) is 0 Å². The van der Waals surface area contributed by atoms with E-state index in [9.17, 15) is 19.0 Å². The van der Waals surface area contributed by atoms with E-state index in [2.05, 4.69) is 166 Å². The fourth-order valence-corrected chi connectivity index (χ4v) is 8.20. The summed E-state index contributed by atoms with van der Waals surface area (Å²) in [7, 11) is 1.11. The molecule has 2 unspecified atom stereocenters. The standard InChI is InChI=1S/C68H110NO8P/c1-6-8-10-12-14-16-18-20-22-24-25-26-27-28-29-30-31-32-33-34-35-36-37-38-39-40-41-42-43-45-47-49-51-53-55-57-59-61-68(71)77-66(65-76-78(72,73)75-63-62-69(3,4)5)64-74-67(70)60-58-56-54-52-50-48-46-44-23-21-19-17-15-13-11-9-7-2/h8-11,14-17,20-23,25-26,28-29,31-32,34-35,37-38,46,48,52,54,66H,6-7,12-13,18-19,24,27,30,33,36,39-45,47,49-51,53,55-65H2,1-5H3/b10-8-,11-9-,16-14-,17-15-,22-20-,23-21-,26-25-,29-28-,32-31-,35-34-,38-37-,48-46-,54-52-. The molecule has 0 N–H and O–H groups in total. The largest absolute Gasteiger partial charge is 0.756 e. The molecule has 0 saturated heterocycles. The Morgan fingerprint density at radius 1 is 0.397 bits per heavy atom. The van der Waals surface area contributed by atoms with Gasteiger partial charge in [0.2, 0.25) is 0 Å². The summed E-state index contributed by atoms with van der Waals surface area (Å²) in [5.74, 6) is -0.915. The van der Waals surface area contributed by atoms with Crippen LogP contribution in [-0.2, 0) is 32.7 Å². The Labute approximate surface area is 477 Å². The zero-order valence-electron chi connectivity index (χ0n) is 49.8. The number of carbonyl (C=O) groups is 2. The number of ether oxygens (including phenoxy) is 2. The summed E-state index contributed by atoms with van der Waals surface area (Å²) in [5, 5.41) is 0. The van der Waals surface area contributed by atoms with Crippen molar-refractivity contribution < 1.29 is 42.1 Å². The van der Waals surface area contributed by atoms with Crippen LogP contribution in [0.3, 0.4) is 0 Å². The Kier molecular flexibility index (Phi) is 54.1. The van der Waals surface area contributed by atoms with Crippen LogP contribution in [-0.4, -0.2) is 70.0 Å². The summed E-state index contributed by atoms with van der Waals surface area (Å²) in [6.07, 6.45) is 86.0. The van der Waals surface area contributed by atoms with Crippen LogP contribution in [0.4, 0.5) is 0 Å². The summed E-state index contributed by atoms with van der Waals surface area (Å²) in [4.78, 5) is 37.8. The van der Waals surface area contributed by atoms with Gasteiger partial charge in [-0.3, -0.25) is 14.2 Å². The highest BCUT2D eigenvalue weighted by molar-refractivity contribution is 7.45. The molecule has 0 heterocycles. The number of phosphoric acid groups is 1. The van der Waals surface area contributed by atoms with Gasteiger partial charge in [-0.1, -0.05) is 236 Å². The number of allylic oxidation sites excluding steroid dienone is 26. The van der Waals surface area contributed by atoms with Crippen LogP contribution < -0.4 is 4.89 Å². The molecule has 10 heteroatoms. The molecule has 0 amide bonds. The van der Waals surface area contributed by atoms with E-state index in [4.69, 9.17) is 18.5 Å². The van der Waals surface area contributed by atoms with E-state index in [-0.39, 0.29) is 26.1 Å². The average Bonchev–Trinajstić information content (AvgIpc) is 3.41. The maximum atomic E-state index is 12.8. The van der Waals surface area contributed by atoms with Crippen molar-refractivity contribution in [1.29, 1.82) is 0 Å². The number of carbonyl (C=O) groups excluding carboxylic acids is 2. The zero-order valence-corrected chi connectivity index (χ0v) is 50.7. The van der Waals surface area contributed by atoms with Gasteiger partial charge in [-0.05, 0) is 116 Å². The first-order chi connectivity index (χ1) is 38.0. The molecule has 0 saturated carbocycles. The van der Waals surface area contributed by atoms with Gasteiger partial charge in [-0.25, -0.2) is 0 Å². The van der Waals surface area contributed by atoms with Crippen molar-refractivity contribution in [3.05, 3.63) is 158 Å². The molecule has 440 valence electrons. The Bertz CT molecular complexity index is 1870. The molecule has 0 fully saturated rings. The highest BCUT2D eigenvalue weighted by Gasteiger charge is 2.21. The third kappa shape index (κ3) is 60.9. The first-order valence-electron chi connectivity index (χ1n) is 30.2. The second kappa shape index (κ2) is 57.3. The molecule has 2 atom stereocenters. The molecule has 0 aliphatic rings. The maximum Gasteiger partial charge on any atom is 0.306 e. The average molecular weight is 1100 g/mol. The fourth-order valence-electron chi connectivity index (χ4n) is 7.47. The molecule has 78 heavy (non-hydrogen) atoms. The molecule has 0 aromatic carbocycles. The third-order valence-corrected chi connectivity index (χ3v) is 13.0. The Morgan fingerprint density at radius 3 is 1.06 bits per heavy atom. The Balaban J connectivity index is 4.16. The number of likely N-dealkylation sites (N-methyl/N-ethyl adjacent to an activating group) is 1. The van der Waals surface area contributed by atoms with Crippen LogP contribution in [0.5, 0.6) is 0 Å². The minimum atomic E-state index is -4.66. The number of nitrogens with zero attached hydrogens (tertiary/aromatic N) is 1. The Hall–Kier alpha value is -4.37. The molecular weight excluding hydrogens is 990 g/mol. The molecular formula is C68H110NO8P. The van der Waals surface area contributed by atoms with E-state index in [1.54, 1.807) is 0 Å². The molecule has 0 bridgehead atoms. The third-order valence-electron chi connectivity index (χ3n) is 12.0. The summed E-state index contributed by atoms with van der Waals surface area (Å²) in [6, 6.07) is 0. The van der Waals surface area contributed by atoms with E-state index in [0.29, 0.717) is 23.9 Å². The van der Waals surface area contributed by atoms with E-state index in [1.807, 2.05) is 27.2 Å². The summed E-state index contributed by atoms with van der Waals surface area (Å²) < 4.78 is 34.1. The number of quaternary nitrogens is 1. The molecule has 9 nitrogen and oxygen atoms in total. The van der Waals surface area contributed by atoms with Crippen LogP contribution in [0.15, 0.2) is 158 Å². The molecule has 0 rings (SSSR count). The van der Waals surface area contributed by atoms with Crippen LogP contribution in [0.1, 0.15) is 206 Å². The second-order valence-corrected chi connectivity index (χ2v) is 22.0. The topological polar surface area (TPSA) is 111 Å². The predicted octanol–water partition coefficient (Wildman–Crippen LogP) is 18.6. The lowest BCUT2D eigenvalue weighted by molar-refractivity contribution is -0.870. The van der Waals surface area contributed by atoms with E-state index < -0.39 is 32.5 Å². The first kappa shape index (κ1) is 73.6. The van der Waals surface area contributed by atoms with Gasteiger partial charge in [0.1, 0.15) is 19.8 Å². The monoisotopic (exact) mass is 1100 g/mol. The lowest BCUT2D eigenvalue weighted by Crippen LogP contribution is -2.37. The molecule has 0 aliphatic heterocycles. The van der Waals surface area contributed by atoms with Crippen molar-refractivity contribution in [1.82, 2.24) is 0 Å². The Morgan fingerprint density at radius 2 is 0.705 bits per heavy atom. The van der Waals surface area contributed by atoms with Crippen molar-refractivity contribution in [3.8, 4) is 0 Å². The van der Waals surface area contributed by atoms with Gasteiger partial charge in [0.25, 0.3) is 7.82 Å². The van der Waals surface area contributed by atoms with Crippen molar-refractivity contribution in [2.45, 2.75) is 213 Å². The molecule has 0 radical (unpaired) electrons. The number of phosphoric ester groups is 1. The van der Waals surface area contributed by atoms with Gasteiger partial charge in [0.05, 0.1) is 27.7 Å². The lowest BCUT2D eigenvalue weighted by Gasteiger charge is -2.28. The SMILES string of the molecule is CC/C=C\C/C=C\C/C=C\C/C=C\C/C=C\C/C=C\C/C=C\C/C=C\CCCCCCCCCCCCCCC(=O)OC(COC(=O)CCC/C=C\C/C=C\C/C=C\C/C=C\C/C=C\CC)COP(=O)([O-])OCC[N+](C)(C)C. The van der Waals surface area contributed by atoms with Crippen LogP contribution in [0, 0.1) is 0 Å². The normalized spacial score (nSPS) is 14.4. The van der Waals surface area contributed by atoms with E-state index in [0.717, 1.165) is 116 Å². The fraction of sp³-hybridized carbons (Fsp3) is 0.588. The van der Waals surface area contributed by atoms with Gasteiger partial charge >= 0.3 is 11.9 Å². The minimum Gasteiger partial charge on any atom is -0.756 e. The van der Waals surface area contributed by atoms with Crippen LogP contribution >= 0.6 is 7.82 Å². The molecule has 0 aromatic heterocycles. The van der Waals surface area contributed by atoms with Crippen molar-refractivity contribution in [2.75, 3.05) is 47.5 Å². The first-order valence-corrected chi connectivity index (χ1v) is 31.7. The number of unbranched alkanes of at least 4 members (excludes halogenated alkanes) is 13. The molecule has 0 aliphatic carbocycles. The van der Waals surface area contributed by atoms with E-state index in [1.165, 1.54) is 51.4 Å². The van der Waals surface area contributed by atoms with Crippen molar-refractivity contribution in [2.24, 2.45) is 0 Å². The van der Waals surface area contributed by atoms with Crippen molar-refractivity contribution >= 4 is 19.8 Å². The summed E-state index contributed by atoms with van der Waals surface area (Å²) in [5.41, 5.74) is 0. The number of hydrogen-bond donors (Lipinski definition) is 0. The smallest absolute Gasteiger partial charge is 0.306 e. The number of esters is 2. The maximum absolute atomic E-state index is 12.8. The van der Waals surface area contributed by atoms with Gasteiger partial charge in [-0.15, -0.1) is 0 Å². The highest BCUT2D eigenvalue weighted by Crippen LogP contribution is 2.38. The zero-order chi connectivity index (χ0) is 57.0. The quantitative estimate of drug-likeness (QED) is 0.0195. The minimum absolute atomic E-state index is 0.0482. The summed E-state index contributed by atoms with van der Waals surface area (Å²) in [6.45, 7) is 3.92. The number of hydrogen-bond acceptors (Lipinski definition) is 8. The molecule has 0 aromatic rings. The van der Waals surface area contributed by atoms with Gasteiger partial charge in [0, 0.05) is 12.8 Å². The summed E-state index contributed by atoms with van der Waals surface area (Å²) >= 11 is 0. The van der Waals surface area contributed by atoms with Gasteiger partial charge < -0.3 is 27.9 Å². The van der Waals surface area contributed by atoms with E-state index >= 15 is 0 Å². The van der Waals surface area contributed by atoms with Crippen LogP contribution in [0.25, 0.3) is 0 Å². The second-order valence-electron chi connectivity index (χ2n) is 20.6. The number of rotatable bonds is 53. The van der Waals surface area contributed by atoms with Gasteiger partial charge in [0.15, 0.2) is 6.10 Å². The molecule has 0 spiro atoms. The van der Waals surface area contributed by atoms with Crippen LogP contribution in [0.2, 0.25) is 0 Å². The lowest BCUT2D eigenvalue weighted by atomic mass is 10.0. The van der Waals surface area contributed by atoms with Crippen molar-refractivity contribution in [3.63, 3.8) is 0 Å². The predicted molar refractivity (Wildman–Crippen MR) is 332 cm³/mol. The highest BCUT2D eigenvalue weighted by atomic mass is 31.2.